The fraction of sp³-hybridized carbons (Fsp3) is 0.0286. The van der Waals surface area contributed by atoms with Crippen molar-refractivity contribution in [3.8, 4) is 11.1 Å². The maximum Gasteiger partial charge on any atom is -0.0809 e. The predicted octanol–water partition coefficient (Wildman–Crippen LogP) is 9.19. The Hall–Kier alpha value is -3.39. The van der Waals surface area contributed by atoms with Crippen LogP contribution in [0.1, 0.15) is 5.56 Å². The van der Waals surface area contributed by atoms with Gasteiger partial charge < -0.3 is 7.43 Å². The van der Waals surface area contributed by atoms with Crippen LogP contribution in [0.3, 0.4) is 0 Å². The first kappa shape index (κ1) is 29.2. The molecule has 0 aliphatic rings. The van der Waals surface area contributed by atoms with E-state index in [0.717, 1.165) is 5.52 Å². The zero-order chi connectivity index (χ0) is 25.9. The van der Waals surface area contributed by atoms with Gasteiger partial charge in [-0.2, -0.15) is 60.0 Å². The van der Waals surface area contributed by atoms with Crippen LogP contribution in [0.2, 0.25) is 0 Å². The number of aryl methyl sites for hydroxylation is 1. The van der Waals surface area contributed by atoms with E-state index in [-0.39, 0.29) is 7.43 Å². The van der Waals surface area contributed by atoms with Crippen molar-refractivity contribution in [2.45, 2.75) is 6.92 Å². The van der Waals surface area contributed by atoms with Crippen molar-refractivity contribution in [2.24, 2.45) is 0 Å². The molecule has 7 rings (SSSR count). The number of nitrogens with zero attached hydrogens (tertiary/aromatic N) is 1. The molecule has 1 heterocycles. The van der Waals surface area contributed by atoms with E-state index < -0.39 is 0 Å². The SMILES string of the molecule is Cc1cc2c(-c3cnc4ccccc4c3)cccc2[cH-]1.[CH3-].[Si]=[Zr].[c-]1ccccc1.c1ccc2[cH-]ccc2c1. The smallest absolute Gasteiger partial charge is 0.0809 e. The molecule has 0 aliphatic carbocycles. The topological polar surface area (TPSA) is 12.9 Å². The van der Waals surface area contributed by atoms with E-state index >= 15 is 0 Å². The normalized spacial score (nSPS) is 9.68. The average Bonchev–Trinajstić information content (AvgIpc) is 3.61. The maximum absolute atomic E-state index is 4.57. The maximum atomic E-state index is 4.57. The number of fused-ring (bicyclic) bond motifs is 3. The monoisotopic (exact) mass is 581 g/mol. The molecule has 0 spiro atoms. The van der Waals surface area contributed by atoms with Gasteiger partial charge in [0, 0.05) is 11.6 Å². The summed E-state index contributed by atoms with van der Waals surface area (Å²) in [5.74, 6) is 0. The van der Waals surface area contributed by atoms with Crippen LogP contribution in [0, 0.1) is 20.4 Å². The summed E-state index contributed by atoms with van der Waals surface area (Å²) in [6.45, 7) is 5.20. The Morgan fingerprint density at radius 1 is 0.737 bits per heavy atom. The minimum absolute atomic E-state index is 0. The number of pyridine rings is 1. The van der Waals surface area contributed by atoms with Crippen LogP contribution in [0.25, 0.3) is 43.6 Å². The largest absolute Gasteiger partial charge is 0.184 e. The number of hydrogen-bond acceptors (Lipinski definition) is 1. The van der Waals surface area contributed by atoms with E-state index in [1.807, 2.05) is 48.7 Å². The fourth-order valence-corrected chi connectivity index (χ4v) is 4.27. The van der Waals surface area contributed by atoms with Crippen molar-refractivity contribution in [1.82, 2.24) is 4.98 Å². The van der Waals surface area contributed by atoms with Gasteiger partial charge in [-0.05, 0) is 17.7 Å². The first-order chi connectivity index (χ1) is 18.3. The van der Waals surface area contributed by atoms with Crippen LogP contribution in [-0.4, -0.2) is 11.9 Å². The Morgan fingerprint density at radius 2 is 1.45 bits per heavy atom. The van der Waals surface area contributed by atoms with Crippen molar-refractivity contribution < 1.29 is 23.3 Å². The summed E-state index contributed by atoms with van der Waals surface area (Å²) >= 11 is 1.36. The van der Waals surface area contributed by atoms with Crippen LogP contribution < -0.4 is 0 Å². The summed E-state index contributed by atoms with van der Waals surface area (Å²) in [4.78, 5) is 4.57. The fourth-order valence-electron chi connectivity index (χ4n) is 4.27. The molecule has 0 atom stereocenters. The Bertz CT molecular complexity index is 1620. The van der Waals surface area contributed by atoms with Gasteiger partial charge in [-0.25, -0.2) is 0 Å². The summed E-state index contributed by atoms with van der Waals surface area (Å²) in [6, 6.07) is 48.6. The molecule has 0 saturated carbocycles. The zero-order valence-corrected chi connectivity index (χ0v) is 25.2. The second-order valence-electron chi connectivity index (χ2n) is 8.49. The molecule has 0 unspecified atom stereocenters. The summed E-state index contributed by atoms with van der Waals surface area (Å²) in [6.07, 6.45) is 1.97. The third kappa shape index (κ3) is 7.57. The van der Waals surface area contributed by atoms with Crippen LogP contribution in [0.5, 0.6) is 0 Å². The van der Waals surface area contributed by atoms with Crippen molar-refractivity contribution in [3.05, 3.63) is 159 Å². The van der Waals surface area contributed by atoms with Crippen LogP contribution in [-0.2, 0) is 23.3 Å². The van der Waals surface area contributed by atoms with Gasteiger partial charge in [0.15, 0.2) is 0 Å². The molecule has 3 heteroatoms. The number of rotatable bonds is 1. The Balaban J connectivity index is 0.000000184. The van der Waals surface area contributed by atoms with Gasteiger partial charge in [0.1, 0.15) is 0 Å². The third-order valence-electron chi connectivity index (χ3n) is 5.95. The van der Waals surface area contributed by atoms with Crippen molar-refractivity contribution in [2.75, 3.05) is 0 Å². The quantitative estimate of drug-likeness (QED) is 0.139. The van der Waals surface area contributed by atoms with Crippen molar-refractivity contribution in [3.63, 3.8) is 0 Å². The first-order valence-electron chi connectivity index (χ1n) is 12.1. The molecule has 2 radical (unpaired) electrons. The molecule has 0 N–H and O–H groups in total. The Kier molecular flexibility index (Phi) is 11.6. The van der Waals surface area contributed by atoms with Gasteiger partial charge >= 0.3 is 30.2 Å². The van der Waals surface area contributed by atoms with Crippen LogP contribution >= 0.6 is 0 Å². The second-order valence-corrected chi connectivity index (χ2v) is 8.49. The molecule has 0 amide bonds. The minimum atomic E-state index is 0. The first-order valence-corrected chi connectivity index (χ1v) is 16.2. The number of benzene rings is 4. The van der Waals surface area contributed by atoms with E-state index in [9.17, 15) is 0 Å². The molecule has 0 saturated heterocycles. The van der Waals surface area contributed by atoms with Crippen molar-refractivity contribution >= 4 is 39.3 Å². The summed E-state index contributed by atoms with van der Waals surface area (Å²) in [5.41, 5.74) is 4.79. The molecule has 186 valence electrons. The molecule has 38 heavy (non-hydrogen) atoms. The van der Waals surface area contributed by atoms with E-state index in [2.05, 4.69) is 116 Å². The zero-order valence-electron chi connectivity index (χ0n) is 21.7. The molecule has 1 nitrogen and oxygen atoms in total. The molecule has 0 bridgehead atoms. The Labute approximate surface area is 243 Å². The summed E-state index contributed by atoms with van der Waals surface area (Å²) < 4.78 is 0. The molecular formula is C35H29NSiZr-4. The van der Waals surface area contributed by atoms with Gasteiger partial charge in [-0.1, -0.05) is 42.8 Å². The van der Waals surface area contributed by atoms with E-state index in [1.165, 1.54) is 67.0 Å². The summed E-state index contributed by atoms with van der Waals surface area (Å²) in [7, 11) is 0. The summed E-state index contributed by atoms with van der Waals surface area (Å²) in [5, 5.41) is 6.45. The molecular weight excluding hydrogens is 554 g/mol. The van der Waals surface area contributed by atoms with Crippen LogP contribution in [0.15, 0.2) is 140 Å². The van der Waals surface area contributed by atoms with Gasteiger partial charge in [0.25, 0.3) is 0 Å². The predicted molar refractivity (Wildman–Crippen MR) is 162 cm³/mol. The van der Waals surface area contributed by atoms with E-state index in [4.69, 9.17) is 0 Å². The number of para-hydroxylation sites is 1. The average molecular weight is 583 g/mol. The number of hydrogen-bond donors (Lipinski definition) is 0. The second kappa shape index (κ2) is 15.1. The van der Waals surface area contributed by atoms with Gasteiger partial charge in [0.2, 0.25) is 0 Å². The van der Waals surface area contributed by atoms with E-state index in [1.54, 1.807) is 0 Å². The third-order valence-corrected chi connectivity index (χ3v) is 5.95. The standard InChI is InChI=1S/C19H14N.C9H7.C6H5.CH3.Si.Zr/c1-13-9-14-6-4-7-17(18(14)10-13)16-11-15-5-2-3-8-19(15)20-12-16;1-2-5-9-7-3-6-8(9)4-1;1-2-4-6-5-3-1;;;/h2-12H,1H3;1-7H;1-5H;1H3;;/q4*-1;;. The Morgan fingerprint density at radius 3 is 2.16 bits per heavy atom. The van der Waals surface area contributed by atoms with Crippen LogP contribution in [0.4, 0.5) is 0 Å². The van der Waals surface area contributed by atoms with Gasteiger partial charge in [0.05, 0.1) is 5.52 Å². The molecule has 0 fully saturated rings. The van der Waals surface area contributed by atoms with Gasteiger partial charge in [-0.3, -0.25) is 4.98 Å². The molecule has 6 aromatic carbocycles. The van der Waals surface area contributed by atoms with Gasteiger partial charge in [-0.15, -0.1) is 64.2 Å². The molecule has 0 aliphatic heterocycles. The minimum Gasteiger partial charge on any atom is -0.184 e. The number of aromatic nitrogens is 1. The molecule has 1 aromatic heterocycles. The molecule has 7 aromatic rings. The van der Waals surface area contributed by atoms with Crippen molar-refractivity contribution in [1.29, 1.82) is 0 Å². The van der Waals surface area contributed by atoms with E-state index in [0.29, 0.717) is 0 Å².